The summed E-state index contributed by atoms with van der Waals surface area (Å²) in [4.78, 5) is 13.9. The predicted molar refractivity (Wildman–Crippen MR) is 125 cm³/mol. The molecule has 6 nitrogen and oxygen atoms in total. The van der Waals surface area contributed by atoms with Gasteiger partial charge in [-0.1, -0.05) is 36.0 Å². The molecule has 2 aromatic heterocycles. The number of amides is 1. The molecule has 31 heavy (non-hydrogen) atoms. The summed E-state index contributed by atoms with van der Waals surface area (Å²) in [6.07, 6.45) is 0.736. The van der Waals surface area contributed by atoms with Crippen LogP contribution in [0.3, 0.4) is 0 Å². The third kappa shape index (κ3) is 5.53. The van der Waals surface area contributed by atoms with Gasteiger partial charge in [-0.15, -0.1) is 21.5 Å². The average Bonchev–Trinajstić information content (AvgIpc) is 3.41. The first-order chi connectivity index (χ1) is 15.1. The van der Waals surface area contributed by atoms with Gasteiger partial charge in [0.15, 0.2) is 5.16 Å². The molecule has 2 aromatic carbocycles. The van der Waals surface area contributed by atoms with Crippen LogP contribution >= 0.6 is 23.1 Å². The van der Waals surface area contributed by atoms with Crippen molar-refractivity contribution in [2.75, 3.05) is 5.32 Å². The van der Waals surface area contributed by atoms with Crippen molar-refractivity contribution < 1.29 is 9.53 Å². The number of para-hydroxylation sites is 1. The molecule has 0 saturated carbocycles. The van der Waals surface area contributed by atoms with E-state index in [2.05, 4.69) is 21.6 Å². The fourth-order valence-corrected chi connectivity index (χ4v) is 4.39. The largest absolute Gasteiger partial charge is 0.457 e. The highest BCUT2D eigenvalue weighted by Gasteiger charge is 2.19. The quantitative estimate of drug-likeness (QED) is 0.365. The van der Waals surface area contributed by atoms with Gasteiger partial charge < -0.3 is 14.6 Å². The van der Waals surface area contributed by atoms with Gasteiger partial charge in [0.2, 0.25) is 5.91 Å². The van der Waals surface area contributed by atoms with Crippen molar-refractivity contribution in [3.63, 3.8) is 0 Å². The minimum Gasteiger partial charge on any atom is -0.457 e. The second kappa shape index (κ2) is 9.80. The van der Waals surface area contributed by atoms with Crippen molar-refractivity contribution in [3.8, 4) is 11.5 Å². The molecule has 0 saturated heterocycles. The summed E-state index contributed by atoms with van der Waals surface area (Å²) in [6.45, 7) is 1.86. The zero-order valence-electron chi connectivity index (χ0n) is 17.2. The number of benzene rings is 2. The van der Waals surface area contributed by atoms with Gasteiger partial charge in [-0.2, -0.15) is 0 Å². The summed E-state index contributed by atoms with van der Waals surface area (Å²) >= 11 is 3.09. The van der Waals surface area contributed by atoms with E-state index in [1.807, 2.05) is 84.6 Å². The van der Waals surface area contributed by atoms with Crippen molar-refractivity contribution in [1.82, 2.24) is 14.8 Å². The number of carbonyl (C=O) groups is 1. The molecule has 0 fully saturated rings. The van der Waals surface area contributed by atoms with Crippen LogP contribution in [-0.2, 0) is 18.3 Å². The molecule has 2 heterocycles. The summed E-state index contributed by atoms with van der Waals surface area (Å²) in [6, 6.07) is 21.0. The molecule has 158 valence electrons. The Hall–Kier alpha value is -3.10. The second-order valence-electron chi connectivity index (χ2n) is 6.90. The molecular weight excluding hydrogens is 428 g/mol. The maximum absolute atomic E-state index is 12.6. The van der Waals surface area contributed by atoms with Crippen molar-refractivity contribution in [2.24, 2.45) is 7.05 Å². The molecule has 8 heteroatoms. The van der Waals surface area contributed by atoms with Crippen LogP contribution in [0.25, 0.3) is 0 Å². The zero-order valence-corrected chi connectivity index (χ0v) is 18.8. The van der Waals surface area contributed by atoms with Gasteiger partial charge in [0, 0.05) is 24.0 Å². The molecule has 1 atom stereocenters. The van der Waals surface area contributed by atoms with E-state index in [1.165, 1.54) is 16.6 Å². The maximum Gasteiger partial charge on any atom is 0.237 e. The average molecular weight is 451 g/mol. The fraction of sp³-hybridized carbons (Fsp3) is 0.174. The minimum atomic E-state index is -0.322. The second-order valence-corrected chi connectivity index (χ2v) is 9.24. The standard InChI is InChI=1S/C23H22N4O2S2/c1-16(31-23-26-25-21(27(23)2)15-20-9-6-14-30-20)22(28)24-17-10-12-19(13-11-17)29-18-7-4-3-5-8-18/h3-14,16H,15H2,1-2H3,(H,24,28). The number of rotatable bonds is 8. The van der Waals surface area contributed by atoms with E-state index in [9.17, 15) is 4.79 Å². The monoisotopic (exact) mass is 450 g/mol. The highest BCUT2D eigenvalue weighted by Crippen LogP contribution is 2.26. The van der Waals surface area contributed by atoms with Crippen molar-refractivity contribution in [1.29, 1.82) is 0 Å². The lowest BCUT2D eigenvalue weighted by atomic mass is 10.3. The van der Waals surface area contributed by atoms with Gasteiger partial charge in [0.1, 0.15) is 17.3 Å². The van der Waals surface area contributed by atoms with Crippen LogP contribution in [0.15, 0.2) is 77.3 Å². The number of nitrogens with zero attached hydrogens (tertiary/aromatic N) is 3. The third-order valence-electron chi connectivity index (χ3n) is 4.59. The van der Waals surface area contributed by atoms with Gasteiger partial charge in [0.25, 0.3) is 0 Å². The number of thioether (sulfide) groups is 1. The fourth-order valence-electron chi connectivity index (χ4n) is 2.86. The molecule has 0 radical (unpaired) electrons. The van der Waals surface area contributed by atoms with E-state index in [4.69, 9.17) is 4.74 Å². The van der Waals surface area contributed by atoms with E-state index in [1.54, 1.807) is 11.3 Å². The van der Waals surface area contributed by atoms with Crippen LogP contribution in [0.1, 0.15) is 17.6 Å². The van der Waals surface area contributed by atoms with Crippen LogP contribution in [0.2, 0.25) is 0 Å². The molecule has 0 bridgehead atoms. The summed E-state index contributed by atoms with van der Waals surface area (Å²) in [7, 11) is 1.93. The normalized spacial score (nSPS) is 11.8. The maximum atomic E-state index is 12.6. The number of hydrogen-bond donors (Lipinski definition) is 1. The third-order valence-corrected chi connectivity index (χ3v) is 6.60. The van der Waals surface area contributed by atoms with Crippen LogP contribution in [-0.4, -0.2) is 25.9 Å². The SMILES string of the molecule is CC(Sc1nnc(Cc2cccs2)n1C)C(=O)Nc1ccc(Oc2ccccc2)cc1. The summed E-state index contributed by atoms with van der Waals surface area (Å²) in [5, 5.41) is 13.9. The Morgan fingerprint density at radius 1 is 1.06 bits per heavy atom. The number of carbonyl (C=O) groups excluding carboxylic acids is 1. The zero-order chi connectivity index (χ0) is 21.6. The van der Waals surface area contributed by atoms with Crippen LogP contribution in [0.4, 0.5) is 5.69 Å². The van der Waals surface area contributed by atoms with E-state index in [-0.39, 0.29) is 11.2 Å². The molecule has 4 rings (SSSR count). The number of nitrogens with one attached hydrogen (secondary N) is 1. The van der Waals surface area contributed by atoms with E-state index < -0.39 is 0 Å². The summed E-state index contributed by atoms with van der Waals surface area (Å²) in [5.74, 6) is 2.27. The smallest absolute Gasteiger partial charge is 0.237 e. The molecule has 4 aromatic rings. The lowest BCUT2D eigenvalue weighted by molar-refractivity contribution is -0.115. The lowest BCUT2D eigenvalue weighted by Crippen LogP contribution is -2.22. The lowest BCUT2D eigenvalue weighted by Gasteiger charge is -2.12. The highest BCUT2D eigenvalue weighted by atomic mass is 32.2. The Kier molecular flexibility index (Phi) is 6.69. The molecule has 1 N–H and O–H groups in total. The van der Waals surface area contributed by atoms with Crippen molar-refractivity contribution in [3.05, 3.63) is 82.8 Å². The number of thiophene rings is 1. The Balaban J connectivity index is 1.33. The Bertz CT molecular complexity index is 1130. The first-order valence-corrected chi connectivity index (χ1v) is 11.6. The number of ether oxygens (including phenoxy) is 1. The minimum absolute atomic E-state index is 0.0930. The molecule has 0 aliphatic rings. The predicted octanol–water partition coefficient (Wildman–Crippen LogP) is 5.38. The topological polar surface area (TPSA) is 69.0 Å². The van der Waals surface area contributed by atoms with E-state index in [0.29, 0.717) is 11.4 Å². The van der Waals surface area contributed by atoms with Gasteiger partial charge >= 0.3 is 0 Å². The summed E-state index contributed by atoms with van der Waals surface area (Å²) < 4.78 is 7.73. The number of aromatic nitrogens is 3. The first-order valence-electron chi connectivity index (χ1n) is 9.79. The number of hydrogen-bond acceptors (Lipinski definition) is 6. The van der Waals surface area contributed by atoms with E-state index >= 15 is 0 Å². The molecular formula is C23H22N4O2S2. The Morgan fingerprint density at radius 3 is 2.52 bits per heavy atom. The van der Waals surface area contributed by atoms with Crippen molar-refractivity contribution >= 4 is 34.7 Å². The Labute approximate surface area is 189 Å². The van der Waals surface area contributed by atoms with E-state index in [0.717, 1.165) is 23.2 Å². The van der Waals surface area contributed by atoms with Crippen LogP contribution in [0, 0.1) is 0 Å². The molecule has 0 spiro atoms. The summed E-state index contributed by atoms with van der Waals surface area (Å²) in [5.41, 5.74) is 0.717. The molecule has 0 aliphatic heterocycles. The molecule has 0 aliphatic carbocycles. The Morgan fingerprint density at radius 2 is 1.81 bits per heavy atom. The molecule has 1 amide bonds. The van der Waals surface area contributed by atoms with Crippen molar-refractivity contribution in [2.45, 2.75) is 23.8 Å². The van der Waals surface area contributed by atoms with Crippen LogP contribution < -0.4 is 10.1 Å². The highest BCUT2D eigenvalue weighted by molar-refractivity contribution is 8.00. The van der Waals surface area contributed by atoms with Gasteiger partial charge in [0.05, 0.1) is 5.25 Å². The van der Waals surface area contributed by atoms with Crippen LogP contribution in [0.5, 0.6) is 11.5 Å². The number of anilines is 1. The first kappa shape index (κ1) is 21.1. The van der Waals surface area contributed by atoms with Gasteiger partial charge in [-0.3, -0.25) is 4.79 Å². The van der Waals surface area contributed by atoms with Gasteiger partial charge in [-0.25, -0.2) is 0 Å². The van der Waals surface area contributed by atoms with Gasteiger partial charge in [-0.05, 0) is 54.8 Å². The molecule has 1 unspecified atom stereocenters.